The summed E-state index contributed by atoms with van der Waals surface area (Å²) in [5.74, 6) is 1.95. The molecule has 1 fully saturated rings. The first-order chi connectivity index (χ1) is 12.9. The van der Waals surface area contributed by atoms with Crippen LogP contribution in [0.2, 0.25) is 0 Å². The van der Waals surface area contributed by atoms with Gasteiger partial charge in [-0.1, -0.05) is 18.2 Å². The number of carbonyl (C=O) groups is 1. The molecule has 1 aliphatic heterocycles. The van der Waals surface area contributed by atoms with E-state index in [2.05, 4.69) is 10.2 Å². The minimum absolute atomic E-state index is 0.228. The van der Waals surface area contributed by atoms with Crippen LogP contribution in [0.25, 0.3) is 0 Å². The van der Waals surface area contributed by atoms with Crippen molar-refractivity contribution in [3.63, 3.8) is 0 Å². The zero-order chi connectivity index (χ0) is 19.3. The standard InChI is InChI=1S/C18H23N3O3S3/c1-20(27(23,24)18-6-3-9-26-18)14-17(22)19-16-5-2-4-15(12-16)13-21-7-10-25-11-8-21/h2-6,9,12H,7-8,10-11,13-14H2,1H3,(H,19,22). The van der Waals surface area contributed by atoms with E-state index in [1.165, 1.54) is 13.1 Å². The third-order valence-corrected chi connectivity index (χ3v) is 8.37. The normalized spacial score (nSPS) is 15.8. The van der Waals surface area contributed by atoms with Gasteiger partial charge in [0, 0.05) is 43.9 Å². The van der Waals surface area contributed by atoms with Crippen LogP contribution in [0, 0.1) is 0 Å². The van der Waals surface area contributed by atoms with Crippen molar-refractivity contribution in [1.82, 2.24) is 9.21 Å². The number of benzene rings is 1. The highest BCUT2D eigenvalue weighted by molar-refractivity contribution is 7.99. The average molecular weight is 426 g/mol. The maximum Gasteiger partial charge on any atom is 0.252 e. The third kappa shape index (κ3) is 5.55. The second-order valence-corrected chi connectivity index (χ2v) is 10.8. The molecule has 0 atom stereocenters. The highest BCUT2D eigenvalue weighted by atomic mass is 32.2. The lowest BCUT2D eigenvalue weighted by Gasteiger charge is -2.26. The first-order valence-corrected chi connectivity index (χ1v) is 12.1. The van der Waals surface area contributed by atoms with Gasteiger partial charge in [-0.25, -0.2) is 8.42 Å². The molecule has 1 amide bonds. The molecule has 1 aromatic carbocycles. The molecule has 0 saturated carbocycles. The number of carbonyl (C=O) groups excluding carboxylic acids is 1. The van der Waals surface area contributed by atoms with Crippen LogP contribution in [0.15, 0.2) is 46.0 Å². The molecule has 0 bridgehead atoms. The van der Waals surface area contributed by atoms with E-state index < -0.39 is 10.0 Å². The van der Waals surface area contributed by atoms with Crippen LogP contribution in [0.3, 0.4) is 0 Å². The van der Waals surface area contributed by atoms with Gasteiger partial charge in [-0.3, -0.25) is 9.69 Å². The van der Waals surface area contributed by atoms with Gasteiger partial charge in [0.15, 0.2) is 0 Å². The van der Waals surface area contributed by atoms with Crippen molar-refractivity contribution in [3.8, 4) is 0 Å². The van der Waals surface area contributed by atoms with Gasteiger partial charge in [-0.05, 0) is 29.1 Å². The summed E-state index contributed by atoms with van der Waals surface area (Å²) >= 11 is 3.12. The van der Waals surface area contributed by atoms with Crippen molar-refractivity contribution in [2.75, 3.05) is 43.5 Å². The number of hydrogen-bond acceptors (Lipinski definition) is 6. The molecule has 1 aromatic heterocycles. The molecule has 27 heavy (non-hydrogen) atoms. The summed E-state index contributed by atoms with van der Waals surface area (Å²) in [4.78, 5) is 14.7. The topological polar surface area (TPSA) is 69.7 Å². The van der Waals surface area contributed by atoms with Gasteiger partial charge >= 0.3 is 0 Å². The molecule has 146 valence electrons. The Morgan fingerprint density at radius 3 is 2.70 bits per heavy atom. The first kappa shape index (κ1) is 20.3. The summed E-state index contributed by atoms with van der Waals surface area (Å²) in [6, 6.07) is 10.9. The lowest BCUT2D eigenvalue weighted by molar-refractivity contribution is -0.116. The Balaban J connectivity index is 1.58. The van der Waals surface area contributed by atoms with E-state index >= 15 is 0 Å². The van der Waals surface area contributed by atoms with Crippen molar-refractivity contribution < 1.29 is 13.2 Å². The van der Waals surface area contributed by atoms with E-state index in [1.807, 2.05) is 36.0 Å². The van der Waals surface area contributed by atoms with Crippen LogP contribution in [0.5, 0.6) is 0 Å². The monoisotopic (exact) mass is 425 g/mol. The zero-order valence-corrected chi connectivity index (χ0v) is 17.6. The number of anilines is 1. The quantitative estimate of drug-likeness (QED) is 0.738. The number of thiophene rings is 1. The molecule has 1 N–H and O–H groups in total. The fourth-order valence-electron chi connectivity index (χ4n) is 2.82. The van der Waals surface area contributed by atoms with Crippen LogP contribution < -0.4 is 5.32 Å². The van der Waals surface area contributed by atoms with Gasteiger partial charge in [0.2, 0.25) is 5.91 Å². The van der Waals surface area contributed by atoms with E-state index in [0.29, 0.717) is 5.69 Å². The molecule has 0 unspecified atom stereocenters. The largest absolute Gasteiger partial charge is 0.325 e. The van der Waals surface area contributed by atoms with E-state index in [0.717, 1.165) is 52.3 Å². The predicted molar refractivity (Wildman–Crippen MR) is 112 cm³/mol. The molecular formula is C18H23N3O3S3. The molecule has 2 heterocycles. The predicted octanol–water partition coefficient (Wildman–Crippen LogP) is 2.56. The number of nitrogens with one attached hydrogen (secondary N) is 1. The maximum absolute atomic E-state index is 12.4. The Kier molecular flexibility index (Phi) is 6.93. The minimum atomic E-state index is -3.63. The number of thioether (sulfide) groups is 1. The van der Waals surface area contributed by atoms with Crippen molar-refractivity contribution >= 4 is 44.7 Å². The summed E-state index contributed by atoms with van der Waals surface area (Å²) in [5.41, 5.74) is 1.82. The molecule has 9 heteroatoms. The van der Waals surface area contributed by atoms with Crippen LogP contribution in [-0.4, -0.2) is 61.7 Å². The van der Waals surface area contributed by atoms with Crippen LogP contribution in [0.1, 0.15) is 5.56 Å². The fraction of sp³-hybridized carbons (Fsp3) is 0.389. The van der Waals surface area contributed by atoms with E-state index in [4.69, 9.17) is 0 Å². The van der Waals surface area contributed by atoms with Gasteiger partial charge in [-0.2, -0.15) is 16.1 Å². The number of rotatable bonds is 7. The average Bonchev–Trinajstić information content (AvgIpc) is 3.18. The van der Waals surface area contributed by atoms with E-state index in [1.54, 1.807) is 11.4 Å². The van der Waals surface area contributed by atoms with E-state index in [9.17, 15) is 13.2 Å². The van der Waals surface area contributed by atoms with Crippen LogP contribution in [0.4, 0.5) is 5.69 Å². The third-order valence-electron chi connectivity index (χ3n) is 4.25. The smallest absolute Gasteiger partial charge is 0.252 e. The molecule has 1 saturated heterocycles. The van der Waals surface area contributed by atoms with Crippen molar-refractivity contribution in [2.45, 2.75) is 10.8 Å². The second kappa shape index (κ2) is 9.20. The number of likely N-dealkylation sites (N-methyl/N-ethyl adjacent to an activating group) is 1. The van der Waals surface area contributed by atoms with Crippen molar-refractivity contribution in [3.05, 3.63) is 47.3 Å². The molecule has 1 aliphatic rings. The number of hydrogen-bond donors (Lipinski definition) is 1. The van der Waals surface area contributed by atoms with Crippen LogP contribution >= 0.6 is 23.1 Å². The van der Waals surface area contributed by atoms with Crippen LogP contribution in [-0.2, 0) is 21.4 Å². The van der Waals surface area contributed by atoms with Gasteiger partial charge < -0.3 is 5.32 Å². The van der Waals surface area contributed by atoms with E-state index in [-0.39, 0.29) is 16.7 Å². The van der Waals surface area contributed by atoms with Gasteiger partial charge in [0.25, 0.3) is 10.0 Å². The van der Waals surface area contributed by atoms with Crippen molar-refractivity contribution in [1.29, 1.82) is 0 Å². The first-order valence-electron chi connectivity index (χ1n) is 8.64. The molecular weight excluding hydrogens is 402 g/mol. The molecule has 3 rings (SSSR count). The molecule has 0 spiro atoms. The maximum atomic E-state index is 12.4. The van der Waals surface area contributed by atoms with Gasteiger partial charge in [0.05, 0.1) is 6.54 Å². The van der Waals surface area contributed by atoms with Crippen molar-refractivity contribution in [2.24, 2.45) is 0 Å². The lowest BCUT2D eigenvalue weighted by atomic mass is 10.2. The summed E-state index contributed by atoms with van der Waals surface area (Å²) in [7, 11) is -2.21. The number of amides is 1. The SMILES string of the molecule is CN(CC(=O)Nc1cccc(CN2CCSCC2)c1)S(=O)(=O)c1cccs1. The Hall–Kier alpha value is -1.39. The minimum Gasteiger partial charge on any atom is -0.325 e. The Morgan fingerprint density at radius 2 is 2.00 bits per heavy atom. The Labute approximate surface area is 168 Å². The number of nitrogens with zero attached hydrogens (tertiary/aromatic N) is 2. The second-order valence-electron chi connectivity index (χ2n) is 6.33. The molecule has 0 aliphatic carbocycles. The van der Waals surface area contributed by atoms with Gasteiger partial charge in [-0.15, -0.1) is 11.3 Å². The summed E-state index contributed by atoms with van der Waals surface area (Å²) in [5, 5.41) is 4.51. The molecule has 6 nitrogen and oxygen atoms in total. The lowest BCUT2D eigenvalue weighted by Crippen LogP contribution is -2.34. The fourth-order valence-corrected chi connectivity index (χ4v) is 6.12. The summed E-state index contributed by atoms with van der Waals surface area (Å²) in [6.45, 7) is 2.78. The Morgan fingerprint density at radius 1 is 1.22 bits per heavy atom. The highest BCUT2D eigenvalue weighted by Gasteiger charge is 2.23. The molecule has 0 radical (unpaired) electrons. The Bertz CT molecular complexity index is 863. The summed E-state index contributed by atoms with van der Waals surface area (Å²) < 4.78 is 26.1. The number of sulfonamides is 1. The highest BCUT2D eigenvalue weighted by Crippen LogP contribution is 2.20. The van der Waals surface area contributed by atoms with Gasteiger partial charge in [0.1, 0.15) is 4.21 Å². The summed E-state index contributed by atoms with van der Waals surface area (Å²) in [6.07, 6.45) is 0. The zero-order valence-electron chi connectivity index (χ0n) is 15.1. The molecule has 2 aromatic rings.